The summed E-state index contributed by atoms with van der Waals surface area (Å²) in [5.74, 6) is 6.08. The molecule has 1 aromatic rings. The van der Waals surface area contributed by atoms with Crippen LogP contribution in [0.1, 0.15) is 26.7 Å². The van der Waals surface area contributed by atoms with Crippen molar-refractivity contribution in [1.29, 1.82) is 0 Å². The van der Waals surface area contributed by atoms with E-state index in [-0.39, 0.29) is 12.1 Å². The Kier molecular flexibility index (Phi) is 3.04. The summed E-state index contributed by atoms with van der Waals surface area (Å²) < 4.78 is 5.40. The maximum Gasteiger partial charge on any atom is 0.323 e. The molecule has 0 aliphatic heterocycles. The molecule has 2 rings (SSSR count). The zero-order valence-corrected chi connectivity index (χ0v) is 9.40. The molecule has 0 amide bonds. The third kappa shape index (κ3) is 2.93. The lowest BCUT2D eigenvalue weighted by molar-refractivity contribution is 0.222. The predicted octanol–water partition coefficient (Wildman–Crippen LogP) is 0.519. The van der Waals surface area contributed by atoms with Gasteiger partial charge in [0.15, 0.2) is 0 Å². The SMILES string of the molecule is CC(C)Oc1nc(NN)nc(NC2CC2)n1. The Hall–Kier alpha value is -1.63. The first-order chi connectivity index (χ1) is 7.67. The third-order valence-corrected chi connectivity index (χ3v) is 2.00. The molecule has 7 heteroatoms. The van der Waals surface area contributed by atoms with Crippen LogP contribution in [0.25, 0.3) is 0 Å². The maximum atomic E-state index is 5.40. The molecule has 0 spiro atoms. The van der Waals surface area contributed by atoms with Crippen molar-refractivity contribution in [3.8, 4) is 6.01 Å². The summed E-state index contributed by atoms with van der Waals surface area (Å²) in [6.07, 6.45) is 2.32. The van der Waals surface area contributed by atoms with E-state index >= 15 is 0 Å². The van der Waals surface area contributed by atoms with Crippen LogP contribution in [0.2, 0.25) is 0 Å². The van der Waals surface area contributed by atoms with Gasteiger partial charge in [0.1, 0.15) is 0 Å². The minimum atomic E-state index is 0.0156. The second-order valence-electron chi connectivity index (χ2n) is 3.99. The van der Waals surface area contributed by atoms with Crippen LogP contribution in [0.5, 0.6) is 6.01 Å². The minimum Gasteiger partial charge on any atom is -0.461 e. The number of hydrogen-bond donors (Lipinski definition) is 3. The largest absolute Gasteiger partial charge is 0.461 e. The lowest BCUT2D eigenvalue weighted by atomic mass is 10.5. The van der Waals surface area contributed by atoms with Gasteiger partial charge in [-0.05, 0) is 26.7 Å². The summed E-state index contributed by atoms with van der Waals surface area (Å²) >= 11 is 0. The molecule has 0 atom stereocenters. The van der Waals surface area contributed by atoms with Crippen LogP contribution in [-0.4, -0.2) is 27.1 Å². The summed E-state index contributed by atoms with van der Waals surface area (Å²) in [7, 11) is 0. The number of rotatable bonds is 5. The fourth-order valence-corrected chi connectivity index (χ4v) is 1.16. The van der Waals surface area contributed by atoms with Crippen LogP contribution in [0.4, 0.5) is 11.9 Å². The van der Waals surface area contributed by atoms with Crippen LogP contribution in [-0.2, 0) is 0 Å². The number of nitrogens with one attached hydrogen (secondary N) is 2. The highest BCUT2D eigenvalue weighted by molar-refractivity contribution is 5.36. The van der Waals surface area contributed by atoms with E-state index < -0.39 is 0 Å². The van der Waals surface area contributed by atoms with Crippen molar-refractivity contribution in [2.45, 2.75) is 38.8 Å². The lowest BCUT2D eigenvalue weighted by Gasteiger charge is -2.10. The second-order valence-corrected chi connectivity index (χ2v) is 3.99. The van der Waals surface area contributed by atoms with Crippen LogP contribution in [0.3, 0.4) is 0 Å². The Morgan fingerprint density at radius 3 is 2.50 bits per heavy atom. The molecule has 1 aliphatic rings. The van der Waals surface area contributed by atoms with Gasteiger partial charge in [-0.15, -0.1) is 0 Å². The average Bonchev–Trinajstić information content (AvgIpc) is 3.00. The standard InChI is InChI=1S/C9H16N6O/c1-5(2)16-9-13-7(11-6-3-4-6)12-8(14-9)15-10/h5-6H,3-4,10H2,1-2H3,(H2,11,12,13,14,15). The number of nitrogens with zero attached hydrogens (tertiary/aromatic N) is 3. The highest BCUT2D eigenvalue weighted by atomic mass is 16.5. The van der Waals surface area contributed by atoms with E-state index in [4.69, 9.17) is 10.6 Å². The summed E-state index contributed by atoms with van der Waals surface area (Å²) in [5.41, 5.74) is 2.39. The molecule has 1 heterocycles. The second kappa shape index (κ2) is 4.48. The molecular weight excluding hydrogens is 208 g/mol. The van der Waals surface area contributed by atoms with E-state index in [0.29, 0.717) is 17.9 Å². The van der Waals surface area contributed by atoms with E-state index in [1.165, 1.54) is 0 Å². The van der Waals surface area contributed by atoms with Crippen molar-refractivity contribution in [3.63, 3.8) is 0 Å². The third-order valence-electron chi connectivity index (χ3n) is 2.00. The lowest BCUT2D eigenvalue weighted by Crippen LogP contribution is -2.16. The fourth-order valence-electron chi connectivity index (χ4n) is 1.16. The number of hydrazine groups is 1. The Labute approximate surface area is 93.8 Å². The molecule has 0 radical (unpaired) electrons. The van der Waals surface area contributed by atoms with E-state index in [0.717, 1.165) is 12.8 Å². The molecule has 1 aromatic heterocycles. The van der Waals surface area contributed by atoms with Gasteiger partial charge in [0.05, 0.1) is 6.10 Å². The first-order valence-electron chi connectivity index (χ1n) is 5.33. The van der Waals surface area contributed by atoms with Crippen molar-refractivity contribution in [3.05, 3.63) is 0 Å². The molecule has 88 valence electrons. The molecule has 0 aromatic carbocycles. The van der Waals surface area contributed by atoms with Gasteiger partial charge >= 0.3 is 6.01 Å². The Bertz CT molecular complexity index is 343. The average molecular weight is 224 g/mol. The molecule has 16 heavy (non-hydrogen) atoms. The number of aromatic nitrogens is 3. The molecule has 1 fully saturated rings. The smallest absolute Gasteiger partial charge is 0.323 e. The molecule has 0 saturated heterocycles. The molecule has 1 aliphatic carbocycles. The first-order valence-corrected chi connectivity index (χ1v) is 5.33. The number of anilines is 2. The maximum absolute atomic E-state index is 5.40. The van der Waals surface area contributed by atoms with Crippen LogP contribution in [0.15, 0.2) is 0 Å². The first kappa shape index (κ1) is 10.9. The van der Waals surface area contributed by atoms with Crippen LogP contribution < -0.4 is 21.3 Å². The Morgan fingerprint density at radius 1 is 1.25 bits per heavy atom. The number of ether oxygens (including phenoxy) is 1. The van der Waals surface area contributed by atoms with Crippen molar-refractivity contribution in [2.24, 2.45) is 5.84 Å². The highest BCUT2D eigenvalue weighted by Crippen LogP contribution is 2.23. The number of hydrogen-bond acceptors (Lipinski definition) is 7. The molecule has 7 nitrogen and oxygen atoms in total. The van der Waals surface area contributed by atoms with Gasteiger partial charge in [0.2, 0.25) is 11.9 Å². The van der Waals surface area contributed by atoms with E-state index in [1.54, 1.807) is 0 Å². The Balaban J connectivity index is 2.15. The van der Waals surface area contributed by atoms with Crippen molar-refractivity contribution >= 4 is 11.9 Å². The van der Waals surface area contributed by atoms with Gasteiger partial charge in [-0.25, -0.2) is 5.84 Å². The zero-order chi connectivity index (χ0) is 11.5. The molecule has 0 bridgehead atoms. The van der Waals surface area contributed by atoms with Crippen molar-refractivity contribution in [2.75, 3.05) is 10.7 Å². The minimum absolute atomic E-state index is 0.0156. The van der Waals surface area contributed by atoms with Crippen LogP contribution in [0, 0.1) is 0 Å². The molecule has 0 unspecified atom stereocenters. The number of nitrogen functional groups attached to an aromatic ring is 1. The zero-order valence-electron chi connectivity index (χ0n) is 9.40. The van der Waals surface area contributed by atoms with Crippen molar-refractivity contribution in [1.82, 2.24) is 15.0 Å². The normalized spacial score (nSPS) is 15.0. The fraction of sp³-hybridized carbons (Fsp3) is 0.667. The molecule has 1 saturated carbocycles. The van der Waals surface area contributed by atoms with Gasteiger partial charge < -0.3 is 10.1 Å². The van der Waals surface area contributed by atoms with Gasteiger partial charge in [-0.2, -0.15) is 15.0 Å². The number of nitrogens with two attached hydrogens (primary N) is 1. The van der Waals surface area contributed by atoms with Crippen molar-refractivity contribution < 1.29 is 4.74 Å². The molecule has 4 N–H and O–H groups in total. The monoisotopic (exact) mass is 224 g/mol. The van der Waals surface area contributed by atoms with Gasteiger partial charge in [0, 0.05) is 6.04 Å². The highest BCUT2D eigenvalue weighted by Gasteiger charge is 2.22. The van der Waals surface area contributed by atoms with E-state index in [2.05, 4.69) is 25.7 Å². The van der Waals surface area contributed by atoms with E-state index in [9.17, 15) is 0 Å². The summed E-state index contributed by atoms with van der Waals surface area (Å²) in [4.78, 5) is 12.2. The predicted molar refractivity (Wildman–Crippen MR) is 60.0 cm³/mol. The van der Waals surface area contributed by atoms with Gasteiger partial charge in [-0.1, -0.05) is 0 Å². The van der Waals surface area contributed by atoms with Gasteiger partial charge in [-0.3, -0.25) is 5.43 Å². The summed E-state index contributed by atoms with van der Waals surface area (Å²) in [6.45, 7) is 3.82. The quantitative estimate of drug-likeness (QED) is 0.495. The summed E-state index contributed by atoms with van der Waals surface area (Å²) in [5, 5.41) is 3.17. The van der Waals surface area contributed by atoms with E-state index in [1.807, 2.05) is 13.8 Å². The topological polar surface area (TPSA) is 98.0 Å². The summed E-state index contributed by atoms with van der Waals surface area (Å²) in [6, 6.07) is 0.751. The van der Waals surface area contributed by atoms with Gasteiger partial charge in [0.25, 0.3) is 0 Å². The molecular formula is C9H16N6O. The van der Waals surface area contributed by atoms with Crippen LogP contribution >= 0.6 is 0 Å². The Morgan fingerprint density at radius 2 is 1.94 bits per heavy atom.